The van der Waals surface area contributed by atoms with Crippen molar-refractivity contribution in [1.29, 1.82) is 0 Å². The predicted molar refractivity (Wildman–Crippen MR) is 153 cm³/mol. The van der Waals surface area contributed by atoms with Crippen LogP contribution in [0.4, 0.5) is 4.39 Å². The molecule has 1 saturated carbocycles. The Hall–Kier alpha value is -2.83. The third-order valence-corrected chi connectivity index (χ3v) is 7.69. The molecule has 1 aliphatic rings. The number of amides is 1. The third kappa shape index (κ3) is 3.89. The van der Waals surface area contributed by atoms with Crippen molar-refractivity contribution in [2.45, 2.75) is 32.7 Å². The summed E-state index contributed by atoms with van der Waals surface area (Å²) in [6.45, 7) is 4.05. The van der Waals surface area contributed by atoms with Crippen molar-refractivity contribution in [3.63, 3.8) is 0 Å². The monoisotopic (exact) mass is 453 g/mol. The Bertz CT molecular complexity index is 1360. The molecule has 0 radical (unpaired) electrons. The van der Waals surface area contributed by atoms with E-state index in [-0.39, 0.29) is 17.3 Å². The fourth-order valence-electron chi connectivity index (χ4n) is 5.22. The molecule has 4 rings (SSSR count). The average molecular weight is 453 g/mol. The number of carbonyl (C=O) groups excluding carboxylic acids is 1. The number of rotatable bonds is 6. The number of nitrogens with zero attached hydrogens (tertiary/aromatic N) is 1. The van der Waals surface area contributed by atoms with Gasteiger partial charge in [-0.15, -0.1) is 16.4 Å². The lowest BCUT2D eigenvalue weighted by atomic mass is 9.59. The van der Waals surface area contributed by atoms with E-state index < -0.39 is 11.4 Å². The molecule has 1 fully saturated rings. The molecule has 170 valence electrons. The fraction of sp³-hybridized carbons (Fsp3) is 0.304. The van der Waals surface area contributed by atoms with Crippen LogP contribution in [0.3, 0.4) is 0 Å². The van der Waals surface area contributed by atoms with Gasteiger partial charge >= 0.3 is 0 Å². The highest BCUT2D eigenvalue weighted by Gasteiger charge is 2.36. The summed E-state index contributed by atoms with van der Waals surface area (Å²) in [5, 5.41) is 3.57. The van der Waals surface area contributed by atoms with Gasteiger partial charge in [0.15, 0.2) is 0 Å². The van der Waals surface area contributed by atoms with Gasteiger partial charge in [0, 0.05) is 11.9 Å². The summed E-state index contributed by atoms with van der Waals surface area (Å²) in [7, 11) is 10.7. The Labute approximate surface area is 204 Å². The summed E-state index contributed by atoms with van der Waals surface area (Å²) in [5.74, 6) is -0.546. The standard InChI is InChI=1S/C23H29B5FN3O2/c1-3-30-32-9(2)13(11-5-4-6-12(29)14(11)23(32)34)22(33)31-21(10-7-8-10)15-16(24)18(26)20(28)19(27)17(15)25/h4-6,10,21,30H,3,7-8,24-28H2,1-2H3,(H,31,33)/t21-/m0/s1. The lowest BCUT2D eigenvalue weighted by molar-refractivity contribution is 0.0932. The Morgan fingerprint density at radius 1 is 1.09 bits per heavy atom. The number of pyridine rings is 1. The first-order valence-electron chi connectivity index (χ1n) is 12.0. The lowest BCUT2D eigenvalue weighted by Gasteiger charge is -2.28. The molecule has 34 heavy (non-hydrogen) atoms. The maximum absolute atomic E-state index is 14.8. The van der Waals surface area contributed by atoms with Crippen LogP contribution < -0.4 is 43.6 Å². The zero-order valence-electron chi connectivity index (χ0n) is 21.1. The number of benzene rings is 2. The van der Waals surface area contributed by atoms with Crippen molar-refractivity contribution in [1.82, 2.24) is 9.99 Å². The third-order valence-electron chi connectivity index (χ3n) is 7.69. The quantitative estimate of drug-likeness (QED) is 0.369. The molecule has 0 bridgehead atoms. The normalized spacial score (nSPS) is 14.2. The van der Waals surface area contributed by atoms with E-state index in [0.29, 0.717) is 29.1 Å². The van der Waals surface area contributed by atoms with Gasteiger partial charge in [-0.25, -0.2) is 9.07 Å². The molecule has 2 aromatic carbocycles. The van der Waals surface area contributed by atoms with Crippen molar-refractivity contribution in [3.05, 3.63) is 51.2 Å². The molecule has 1 aromatic heterocycles. The van der Waals surface area contributed by atoms with Crippen LogP contribution in [0.15, 0.2) is 23.0 Å². The Balaban J connectivity index is 1.88. The molecule has 2 N–H and O–H groups in total. The zero-order chi connectivity index (χ0) is 24.9. The van der Waals surface area contributed by atoms with Crippen molar-refractivity contribution in [3.8, 4) is 0 Å². The van der Waals surface area contributed by atoms with Gasteiger partial charge in [-0.1, -0.05) is 23.1 Å². The minimum absolute atomic E-state index is 0.0726. The second-order valence-electron chi connectivity index (χ2n) is 9.60. The van der Waals surface area contributed by atoms with Crippen LogP contribution in [0, 0.1) is 18.7 Å². The highest BCUT2D eigenvalue weighted by atomic mass is 19.1. The van der Waals surface area contributed by atoms with Crippen LogP contribution in [0.1, 0.15) is 47.4 Å². The Morgan fingerprint density at radius 3 is 2.24 bits per heavy atom. The van der Waals surface area contributed by atoms with E-state index in [1.165, 1.54) is 43.6 Å². The highest BCUT2D eigenvalue weighted by molar-refractivity contribution is 6.67. The molecule has 0 saturated heterocycles. The predicted octanol–water partition coefficient (Wildman–Crippen LogP) is -4.81. The number of nitrogens with one attached hydrogen (secondary N) is 2. The van der Waals surface area contributed by atoms with E-state index in [4.69, 9.17) is 0 Å². The second-order valence-corrected chi connectivity index (χ2v) is 9.60. The maximum Gasteiger partial charge on any atom is 0.279 e. The molecule has 11 heteroatoms. The van der Waals surface area contributed by atoms with Gasteiger partial charge in [-0.3, -0.25) is 9.59 Å². The van der Waals surface area contributed by atoms with Crippen LogP contribution in [-0.2, 0) is 0 Å². The number of halogens is 1. The van der Waals surface area contributed by atoms with Crippen LogP contribution in [0.5, 0.6) is 0 Å². The smallest absolute Gasteiger partial charge is 0.279 e. The van der Waals surface area contributed by atoms with Crippen LogP contribution in [-0.4, -0.2) is 56.4 Å². The van der Waals surface area contributed by atoms with Gasteiger partial charge in [-0.05, 0) is 44.2 Å². The molecule has 5 nitrogen and oxygen atoms in total. The summed E-state index contributed by atoms with van der Waals surface area (Å²) in [5.41, 5.74) is 10.7. The van der Waals surface area contributed by atoms with Gasteiger partial charge in [0.25, 0.3) is 11.5 Å². The summed E-state index contributed by atoms with van der Waals surface area (Å²) in [6, 6.07) is 4.33. The van der Waals surface area contributed by atoms with E-state index in [9.17, 15) is 14.0 Å². The topological polar surface area (TPSA) is 63.1 Å². The maximum atomic E-state index is 14.8. The average Bonchev–Trinajstić information content (AvgIpc) is 3.64. The van der Waals surface area contributed by atoms with Gasteiger partial charge in [0.05, 0.1) is 22.7 Å². The fourth-order valence-corrected chi connectivity index (χ4v) is 5.22. The van der Waals surface area contributed by atoms with Crippen LogP contribution in [0.25, 0.3) is 10.8 Å². The van der Waals surface area contributed by atoms with Crippen LogP contribution in [0.2, 0.25) is 0 Å². The largest absolute Gasteiger partial charge is 0.345 e. The minimum atomic E-state index is -0.626. The van der Waals surface area contributed by atoms with E-state index in [2.05, 4.69) is 50.0 Å². The first-order valence-corrected chi connectivity index (χ1v) is 12.0. The molecule has 1 heterocycles. The molecule has 1 aliphatic carbocycles. The lowest BCUT2D eigenvalue weighted by Crippen LogP contribution is -2.58. The van der Waals surface area contributed by atoms with Crippen LogP contribution >= 0.6 is 0 Å². The molecular formula is C23H29B5FN3O2. The number of fused-ring (bicyclic) bond motifs is 1. The summed E-state index contributed by atoms with van der Waals surface area (Å²) >= 11 is 0. The summed E-state index contributed by atoms with van der Waals surface area (Å²) in [6.07, 6.45) is 2.11. The second kappa shape index (κ2) is 9.08. The SMILES string of the molecule is Bc1c(B)c(B)c([C@@H](NC(=O)c2c(C)n(NCC)c(=O)c3c(F)cccc23)C2CC2)c(B)c1B. The van der Waals surface area contributed by atoms with E-state index in [1.54, 1.807) is 19.1 Å². The molecular weight excluding hydrogens is 423 g/mol. The molecule has 1 amide bonds. The van der Waals surface area contributed by atoms with Crippen molar-refractivity contribution < 1.29 is 9.18 Å². The van der Waals surface area contributed by atoms with Crippen molar-refractivity contribution in [2.75, 3.05) is 12.0 Å². The van der Waals surface area contributed by atoms with Crippen molar-refractivity contribution in [2.24, 2.45) is 5.92 Å². The van der Waals surface area contributed by atoms with E-state index >= 15 is 0 Å². The molecule has 0 spiro atoms. The van der Waals surface area contributed by atoms with Gasteiger partial charge in [0.1, 0.15) is 45.0 Å². The molecule has 0 aliphatic heterocycles. The van der Waals surface area contributed by atoms with Crippen molar-refractivity contribution >= 4 is 83.2 Å². The number of hydrogen-bond acceptors (Lipinski definition) is 3. The summed E-state index contributed by atoms with van der Waals surface area (Å²) in [4.78, 5) is 26.9. The molecule has 3 aromatic rings. The van der Waals surface area contributed by atoms with Gasteiger partial charge in [0.2, 0.25) is 0 Å². The van der Waals surface area contributed by atoms with E-state index in [1.807, 2.05) is 6.92 Å². The number of carbonyl (C=O) groups is 1. The molecule has 0 unspecified atom stereocenters. The number of hydrogen-bond donors (Lipinski definition) is 2. The first-order chi connectivity index (χ1) is 16.1. The van der Waals surface area contributed by atoms with E-state index in [0.717, 1.165) is 12.8 Å². The van der Waals surface area contributed by atoms with Gasteiger partial charge < -0.3 is 10.7 Å². The minimum Gasteiger partial charge on any atom is -0.345 e. The number of aromatic nitrogens is 1. The highest BCUT2D eigenvalue weighted by Crippen LogP contribution is 2.40. The zero-order valence-corrected chi connectivity index (χ0v) is 21.1. The van der Waals surface area contributed by atoms with Gasteiger partial charge in [-0.2, -0.15) is 0 Å². The summed E-state index contributed by atoms with van der Waals surface area (Å²) < 4.78 is 16.1. The first kappa shape index (κ1) is 24.3. The molecule has 1 atom stereocenters. The Kier molecular flexibility index (Phi) is 6.49. The Morgan fingerprint density at radius 2 is 1.68 bits per heavy atom.